The SMILES string of the molecule is CCc1c(F)ccc2cc(O)cc(-c3c(F)c4nc(OC[C@]5(CN(C)C)CC5(F)F)nc(N5C6CCC5CN(C5CCOCC5)C6)c4c4cn(C)nc34)c12. The number of piperazine rings is 1. The smallest absolute Gasteiger partial charge is 0.319 e. The first-order valence-electron chi connectivity index (χ1n) is 18.9. The molecule has 0 amide bonds. The Labute approximate surface area is 310 Å². The quantitative estimate of drug-likeness (QED) is 0.166. The van der Waals surface area contributed by atoms with Crippen molar-refractivity contribution in [2.24, 2.45) is 12.5 Å². The van der Waals surface area contributed by atoms with Gasteiger partial charge in [-0.2, -0.15) is 15.1 Å². The maximum absolute atomic E-state index is 17.8. The van der Waals surface area contributed by atoms with E-state index in [-0.39, 0.29) is 60.1 Å². The summed E-state index contributed by atoms with van der Waals surface area (Å²) < 4.78 is 76.3. The molecule has 4 fully saturated rings. The van der Waals surface area contributed by atoms with E-state index in [4.69, 9.17) is 19.6 Å². The number of rotatable bonds is 9. The lowest BCUT2D eigenvalue weighted by Crippen LogP contribution is -2.57. The second-order valence-corrected chi connectivity index (χ2v) is 16.1. The van der Waals surface area contributed by atoms with Gasteiger partial charge in [-0.15, -0.1) is 0 Å². The van der Waals surface area contributed by atoms with Crippen LogP contribution in [0.5, 0.6) is 11.8 Å². The largest absolute Gasteiger partial charge is 0.508 e. The van der Waals surface area contributed by atoms with E-state index in [0.29, 0.717) is 50.9 Å². The molecule has 1 N–H and O–H groups in total. The van der Waals surface area contributed by atoms with Crippen molar-refractivity contribution < 1.29 is 32.1 Å². The van der Waals surface area contributed by atoms with Crippen molar-refractivity contribution in [2.45, 2.75) is 69.5 Å². The minimum atomic E-state index is -2.92. The minimum absolute atomic E-state index is 0.0491. The summed E-state index contributed by atoms with van der Waals surface area (Å²) in [6, 6.07) is 6.29. The van der Waals surface area contributed by atoms with Gasteiger partial charge in [-0.25, -0.2) is 17.6 Å². The van der Waals surface area contributed by atoms with Gasteiger partial charge in [0, 0.05) is 81.6 Å². The third-order valence-corrected chi connectivity index (χ3v) is 12.2. The van der Waals surface area contributed by atoms with Crippen LogP contribution in [0.3, 0.4) is 0 Å². The van der Waals surface area contributed by atoms with E-state index in [9.17, 15) is 13.9 Å². The Hall–Kier alpha value is -4.27. The lowest BCUT2D eigenvalue weighted by atomic mass is 9.90. The number of nitrogens with zero attached hydrogens (tertiary/aromatic N) is 7. The van der Waals surface area contributed by atoms with E-state index in [1.807, 2.05) is 6.92 Å². The van der Waals surface area contributed by atoms with Gasteiger partial charge < -0.3 is 24.4 Å². The van der Waals surface area contributed by atoms with Gasteiger partial charge in [-0.1, -0.05) is 13.0 Å². The molecule has 2 unspecified atom stereocenters. The maximum atomic E-state index is 17.8. The Morgan fingerprint density at radius 3 is 2.37 bits per heavy atom. The molecule has 3 atom stereocenters. The van der Waals surface area contributed by atoms with Gasteiger partial charge >= 0.3 is 6.01 Å². The highest BCUT2D eigenvalue weighted by molar-refractivity contribution is 6.18. The molecule has 54 heavy (non-hydrogen) atoms. The normalized spacial score (nSPS) is 24.4. The first-order chi connectivity index (χ1) is 25.9. The highest BCUT2D eigenvalue weighted by Gasteiger charge is 2.71. The number of hydrogen-bond donors (Lipinski definition) is 1. The van der Waals surface area contributed by atoms with Crippen molar-refractivity contribution in [3.05, 3.63) is 47.7 Å². The molecule has 3 aromatic carbocycles. The van der Waals surface area contributed by atoms with Crippen LogP contribution in [0.25, 0.3) is 43.7 Å². The first kappa shape index (κ1) is 35.4. The Bertz CT molecular complexity index is 2280. The maximum Gasteiger partial charge on any atom is 0.319 e. The van der Waals surface area contributed by atoms with Gasteiger partial charge in [0.1, 0.15) is 35.0 Å². The number of phenolic OH excluding ortho intramolecular Hbond substituents is 1. The molecule has 1 saturated carbocycles. The molecule has 3 aliphatic heterocycles. The molecule has 2 bridgehead atoms. The standard InChI is InChI=1S/C40H45F4N7O3/c1-5-27-30(41)9-6-22-14-26(52)15-28(31(22)27)32-34(42)36-33(29-18-49(4)47-35(29)32)37(46-38(45-36)54-21-39(20-48(2)3)19-40(39,43)44)51-24-7-8-25(51)17-50(16-24)23-10-12-53-13-11-23/h6,9,14-15,18,23-25,52H,5,7-8,10-13,16-17,19-21H2,1-4H3/t24?,25?,39-/m1/s1. The molecule has 286 valence electrons. The average Bonchev–Trinajstić information content (AvgIpc) is 3.32. The van der Waals surface area contributed by atoms with Gasteiger partial charge in [0.15, 0.2) is 5.82 Å². The molecule has 0 spiro atoms. The van der Waals surface area contributed by atoms with E-state index in [2.05, 4.69) is 14.8 Å². The number of aromatic hydroxyl groups is 1. The number of hydrogen-bond acceptors (Lipinski definition) is 9. The van der Waals surface area contributed by atoms with E-state index in [1.165, 1.54) is 18.2 Å². The summed E-state index contributed by atoms with van der Waals surface area (Å²) in [5.74, 6) is -3.72. The number of anilines is 1. The summed E-state index contributed by atoms with van der Waals surface area (Å²) in [5.41, 5.74) is -0.433. The highest BCUT2D eigenvalue weighted by atomic mass is 19.3. The second-order valence-electron chi connectivity index (χ2n) is 16.1. The van der Waals surface area contributed by atoms with Crippen LogP contribution in [0, 0.1) is 17.0 Å². The highest BCUT2D eigenvalue weighted by Crippen LogP contribution is 2.61. The predicted molar refractivity (Wildman–Crippen MR) is 198 cm³/mol. The zero-order valence-electron chi connectivity index (χ0n) is 31.0. The summed E-state index contributed by atoms with van der Waals surface area (Å²) in [5, 5.41) is 17.7. The van der Waals surface area contributed by atoms with E-state index in [0.717, 1.165) is 52.0 Å². The van der Waals surface area contributed by atoms with Gasteiger partial charge in [0.25, 0.3) is 5.92 Å². The molecular weight excluding hydrogens is 702 g/mol. The minimum Gasteiger partial charge on any atom is -0.508 e. The zero-order valence-corrected chi connectivity index (χ0v) is 31.0. The number of benzene rings is 3. The number of ether oxygens (including phenoxy) is 2. The number of phenols is 1. The van der Waals surface area contributed by atoms with Gasteiger partial charge in [0.05, 0.1) is 10.8 Å². The zero-order chi connectivity index (χ0) is 37.7. The fraction of sp³-hybridized carbons (Fsp3) is 0.525. The van der Waals surface area contributed by atoms with Crippen LogP contribution in [0.4, 0.5) is 23.4 Å². The monoisotopic (exact) mass is 747 g/mol. The van der Waals surface area contributed by atoms with Crippen LogP contribution in [-0.2, 0) is 18.2 Å². The fourth-order valence-electron chi connectivity index (χ4n) is 9.65. The summed E-state index contributed by atoms with van der Waals surface area (Å²) in [6.45, 7) is 4.69. The number of halogens is 4. The first-order valence-corrected chi connectivity index (χ1v) is 18.9. The van der Waals surface area contributed by atoms with E-state index in [1.54, 1.807) is 43.0 Å². The Balaban J connectivity index is 1.26. The number of alkyl halides is 2. The molecule has 4 aliphatic rings. The van der Waals surface area contributed by atoms with Crippen molar-refractivity contribution in [3.63, 3.8) is 0 Å². The van der Waals surface area contributed by atoms with Crippen LogP contribution in [0.15, 0.2) is 30.5 Å². The van der Waals surface area contributed by atoms with Crippen molar-refractivity contribution in [2.75, 3.05) is 58.5 Å². The number of aromatic nitrogens is 4. The summed E-state index contributed by atoms with van der Waals surface area (Å²) >= 11 is 0. The molecule has 14 heteroatoms. The van der Waals surface area contributed by atoms with Crippen molar-refractivity contribution in [1.29, 1.82) is 0 Å². The predicted octanol–water partition coefficient (Wildman–Crippen LogP) is 6.68. The molecule has 1 aliphatic carbocycles. The number of likely N-dealkylation sites (tertiary alicyclic amines) is 1. The third-order valence-electron chi connectivity index (χ3n) is 12.2. The van der Waals surface area contributed by atoms with Gasteiger partial charge in [-0.3, -0.25) is 9.58 Å². The van der Waals surface area contributed by atoms with Crippen molar-refractivity contribution in [1.82, 2.24) is 29.5 Å². The Morgan fingerprint density at radius 2 is 1.70 bits per heavy atom. The average molecular weight is 748 g/mol. The lowest BCUT2D eigenvalue weighted by Gasteiger charge is -2.46. The fourth-order valence-corrected chi connectivity index (χ4v) is 9.65. The Morgan fingerprint density at radius 1 is 0.981 bits per heavy atom. The summed E-state index contributed by atoms with van der Waals surface area (Å²) in [4.78, 5) is 16.2. The number of aryl methyl sites for hydroxylation is 2. The van der Waals surface area contributed by atoms with E-state index >= 15 is 8.78 Å². The van der Waals surface area contributed by atoms with Crippen molar-refractivity contribution >= 4 is 38.4 Å². The Kier molecular flexibility index (Phi) is 8.47. The molecule has 3 saturated heterocycles. The molecule has 2 aromatic heterocycles. The lowest BCUT2D eigenvalue weighted by molar-refractivity contribution is 0.0259. The molecular formula is C40H45F4N7O3. The molecule has 0 radical (unpaired) electrons. The van der Waals surface area contributed by atoms with Crippen molar-refractivity contribution in [3.8, 4) is 22.9 Å². The van der Waals surface area contributed by atoms with E-state index < -0.39 is 23.0 Å². The van der Waals surface area contributed by atoms with Gasteiger partial charge in [-0.05, 0) is 86.3 Å². The van der Waals surface area contributed by atoms with Crippen LogP contribution in [0.1, 0.15) is 44.6 Å². The molecule has 9 rings (SSSR count). The molecule has 5 heterocycles. The third kappa shape index (κ3) is 5.66. The second kappa shape index (κ2) is 12.9. The van der Waals surface area contributed by atoms with Crippen LogP contribution >= 0.6 is 0 Å². The molecule has 10 nitrogen and oxygen atoms in total. The van der Waals surface area contributed by atoms with Gasteiger partial charge in [0.2, 0.25) is 0 Å². The number of fused-ring (bicyclic) bond motifs is 6. The van der Waals surface area contributed by atoms with Crippen LogP contribution < -0.4 is 9.64 Å². The van der Waals surface area contributed by atoms with Crippen LogP contribution in [0.2, 0.25) is 0 Å². The summed E-state index contributed by atoms with van der Waals surface area (Å²) in [6.07, 6.45) is 5.59. The summed E-state index contributed by atoms with van der Waals surface area (Å²) in [7, 11) is 5.24. The topological polar surface area (TPSA) is 92.0 Å². The molecule has 5 aromatic rings. The van der Waals surface area contributed by atoms with Crippen LogP contribution in [-0.4, -0.2) is 112 Å².